The first-order chi connectivity index (χ1) is 13.0. The van der Waals surface area contributed by atoms with E-state index in [1.165, 1.54) is 41.6 Å². The summed E-state index contributed by atoms with van der Waals surface area (Å²) in [6.45, 7) is 2.22. The molecule has 1 unspecified atom stereocenters. The quantitative estimate of drug-likeness (QED) is 0.286. The highest BCUT2D eigenvalue weighted by Gasteiger charge is 2.45. The number of likely N-dealkylation sites (tertiary alicyclic amines) is 1. The molecule has 1 N–H and O–H groups in total. The first-order valence-corrected chi connectivity index (χ1v) is 8.38. The molecule has 0 aliphatic carbocycles. The monoisotopic (exact) mass is 367 g/mol. The second-order valence-electron chi connectivity index (χ2n) is 6.08. The van der Waals surface area contributed by atoms with Gasteiger partial charge in [-0.3, -0.25) is 24.7 Å². The number of aliphatic hydroxyl groups is 1. The smallest absolute Gasteiger partial charge is 0.295 e. The number of benzene rings is 1. The Hall–Kier alpha value is -3.55. The molecule has 0 spiro atoms. The predicted octanol–water partition coefficient (Wildman–Crippen LogP) is 2.82. The summed E-state index contributed by atoms with van der Waals surface area (Å²) in [5, 5.41) is 21.8. The Balaban J connectivity index is 2.19. The minimum Gasteiger partial charge on any atom is -0.507 e. The normalized spacial score (nSPS) is 18.7. The van der Waals surface area contributed by atoms with Crippen molar-refractivity contribution in [2.75, 3.05) is 6.54 Å². The van der Waals surface area contributed by atoms with Crippen LogP contribution in [0.5, 0.6) is 0 Å². The van der Waals surface area contributed by atoms with Crippen molar-refractivity contribution in [3.63, 3.8) is 0 Å². The molecule has 0 bridgehead atoms. The van der Waals surface area contributed by atoms with Crippen molar-refractivity contribution >= 4 is 23.1 Å². The summed E-state index contributed by atoms with van der Waals surface area (Å²) in [5.74, 6) is -1.95. The molecule has 1 aliphatic rings. The standard InChI is InChI=1S/C19H17N3O5/c1-2-10-21-16(12-6-8-20-9-7-12)15(18(24)19(21)25)17(23)13-4-3-5-14(11-13)22(26)27/h3-9,11,16,23H,2,10H2,1H3/b17-15-. The number of hydrogen-bond donors (Lipinski definition) is 1. The van der Waals surface area contributed by atoms with Crippen LogP contribution in [0.2, 0.25) is 0 Å². The van der Waals surface area contributed by atoms with Gasteiger partial charge in [0, 0.05) is 36.6 Å². The lowest BCUT2D eigenvalue weighted by atomic mass is 9.96. The summed E-state index contributed by atoms with van der Waals surface area (Å²) in [7, 11) is 0. The van der Waals surface area contributed by atoms with E-state index < -0.39 is 28.4 Å². The van der Waals surface area contributed by atoms with Crippen molar-refractivity contribution in [3.05, 3.63) is 75.6 Å². The molecule has 1 amide bonds. The van der Waals surface area contributed by atoms with Gasteiger partial charge < -0.3 is 10.0 Å². The van der Waals surface area contributed by atoms with Crippen LogP contribution in [0.25, 0.3) is 5.76 Å². The van der Waals surface area contributed by atoms with Gasteiger partial charge in [-0.05, 0) is 24.1 Å². The van der Waals surface area contributed by atoms with Gasteiger partial charge in [-0.1, -0.05) is 19.1 Å². The van der Waals surface area contributed by atoms with E-state index in [0.29, 0.717) is 18.5 Å². The maximum atomic E-state index is 12.6. The van der Waals surface area contributed by atoms with Gasteiger partial charge in [0.1, 0.15) is 5.76 Å². The van der Waals surface area contributed by atoms with Crippen molar-refractivity contribution in [2.24, 2.45) is 0 Å². The van der Waals surface area contributed by atoms with Crippen LogP contribution in [0.1, 0.15) is 30.5 Å². The number of carbonyl (C=O) groups is 2. The Morgan fingerprint density at radius 2 is 1.96 bits per heavy atom. The van der Waals surface area contributed by atoms with Gasteiger partial charge in [0.15, 0.2) is 0 Å². The van der Waals surface area contributed by atoms with Crippen molar-refractivity contribution in [3.8, 4) is 0 Å². The summed E-state index contributed by atoms with van der Waals surface area (Å²) in [6.07, 6.45) is 3.70. The lowest BCUT2D eigenvalue weighted by molar-refractivity contribution is -0.384. The number of nitro benzene ring substituents is 1. The predicted molar refractivity (Wildman–Crippen MR) is 96.6 cm³/mol. The van der Waals surface area contributed by atoms with Crippen LogP contribution in [0.3, 0.4) is 0 Å². The van der Waals surface area contributed by atoms with E-state index in [4.69, 9.17) is 0 Å². The largest absolute Gasteiger partial charge is 0.507 e. The Labute approximate surface area is 154 Å². The maximum Gasteiger partial charge on any atom is 0.295 e. The van der Waals surface area contributed by atoms with Gasteiger partial charge in [-0.15, -0.1) is 0 Å². The second kappa shape index (κ2) is 7.36. The molecule has 1 aliphatic heterocycles. The van der Waals surface area contributed by atoms with Gasteiger partial charge in [0.2, 0.25) is 0 Å². The summed E-state index contributed by atoms with van der Waals surface area (Å²) >= 11 is 0. The maximum absolute atomic E-state index is 12.6. The van der Waals surface area contributed by atoms with Gasteiger partial charge in [-0.2, -0.15) is 0 Å². The van der Waals surface area contributed by atoms with E-state index in [1.54, 1.807) is 12.1 Å². The third-order valence-electron chi connectivity index (χ3n) is 4.36. The number of rotatable bonds is 5. The molecule has 27 heavy (non-hydrogen) atoms. The molecule has 1 saturated heterocycles. The number of carbonyl (C=O) groups excluding carboxylic acids is 2. The van der Waals surface area contributed by atoms with Gasteiger partial charge >= 0.3 is 0 Å². The van der Waals surface area contributed by atoms with E-state index in [2.05, 4.69) is 4.98 Å². The zero-order valence-corrected chi connectivity index (χ0v) is 14.5. The van der Waals surface area contributed by atoms with Crippen LogP contribution >= 0.6 is 0 Å². The number of hydrogen-bond acceptors (Lipinski definition) is 6. The summed E-state index contributed by atoms with van der Waals surface area (Å²) < 4.78 is 0. The number of nitrogens with zero attached hydrogens (tertiary/aromatic N) is 3. The van der Waals surface area contributed by atoms with E-state index >= 15 is 0 Å². The molecule has 1 aromatic heterocycles. The zero-order chi connectivity index (χ0) is 19.6. The van der Waals surface area contributed by atoms with Crippen molar-refractivity contribution in [1.82, 2.24) is 9.88 Å². The number of ketones is 1. The minimum atomic E-state index is -0.811. The Morgan fingerprint density at radius 1 is 1.26 bits per heavy atom. The van der Waals surface area contributed by atoms with E-state index in [0.717, 1.165) is 0 Å². The first-order valence-electron chi connectivity index (χ1n) is 8.38. The molecule has 138 valence electrons. The first kappa shape index (κ1) is 18.2. The third kappa shape index (κ3) is 3.29. The molecule has 1 fully saturated rings. The molecule has 2 aromatic rings. The number of non-ortho nitro benzene ring substituents is 1. The third-order valence-corrected chi connectivity index (χ3v) is 4.36. The van der Waals surface area contributed by atoms with Gasteiger partial charge in [0.25, 0.3) is 17.4 Å². The van der Waals surface area contributed by atoms with E-state index in [-0.39, 0.29) is 16.8 Å². The molecular formula is C19H17N3O5. The molecular weight excluding hydrogens is 350 g/mol. The van der Waals surface area contributed by atoms with Crippen LogP contribution in [0.15, 0.2) is 54.4 Å². The molecule has 1 aromatic carbocycles. The SMILES string of the molecule is CCCN1C(=O)C(=O)/C(=C(\O)c2cccc([N+](=O)[O-])c2)C1c1ccncc1. The number of aromatic nitrogens is 1. The van der Waals surface area contributed by atoms with Gasteiger partial charge in [0.05, 0.1) is 16.5 Å². The summed E-state index contributed by atoms with van der Waals surface area (Å²) in [4.78, 5) is 40.9. The van der Waals surface area contributed by atoms with Crippen molar-refractivity contribution in [2.45, 2.75) is 19.4 Å². The fourth-order valence-corrected chi connectivity index (χ4v) is 3.17. The molecule has 3 rings (SSSR count). The van der Waals surface area contributed by atoms with Crippen LogP contribution in [0.4, 0.5) is 5.69 Å². The van der Waals surface area contributed by atoms with E-state index in [1.807, 2.05) is 6.92 Å². The van der Waals surface area contributed by atoms with Crippen molar-refractivity contribution in [1.29, 1.82) is 0 Å². The molecule has 8 heteroatoms. The van der Waals surface area contributed by atoms with E-state index in [9.17, 15) is 24.8 Å². The van der Waals surface area contributed by atoms with Crippen LogP contribution in [-0.4, -0.2) is 38.1 Å². The number of pyridine rings is 1. The minimum absolute atomic E-state index is 0.0832. The van der Waals surface area contributed by atoms with Gasteiger partial charge in [-0.25, -0.2) is 0 Å². The topological polar surface area (TPSA) is 114 Å². The van der Waals surface area contributed by atoms with Crippen LogP contribution in [0, 0.1) is 10.1 Å². The number of nitro groups is 1. The summed E-state index contributed by atoms with van der Waals surface area (Å²) in [6, 6.07) is 7.89. The Morgan fingerprint density at radius 3 is 2.59 bits per heavy atom. The molecule has 2 heterocycles. The molecule has 8 nitrogen and oxygen atoms in total. The number of aliphatic hydroxyl groups excluding tert-OH is 1. The molecule has 0 saturated carbocycles. The fourth-order valence-electron chi connectivity index (χ4n) is 3.17. The summed E-state index contributed by atoms with van der Waals surface area (Å²) in [5.41, 5.74) is 0.435. The average molecular weight is 367 g/mol. The number of amides is 1. The molecule has 0 radical (unpaired) electrons. The van der Waals surface area contributed by atoms with Crippen LogP contribution in [-0.2, 0) is 9.59 Å². The fraction of sp³-hybridized carbons (Fsp3) is 0.211. The van der Waals surface area contributed by atoms with Crippen molar-refractivity contribution < 1.29 is 19.6 Å². The molecule has 1 atom stereocenters. The zero-order valence-electron chi connectivity index (χ0n) is 14.5. The Kier molecular flexibility index (Phi) is 4.98. The highest BCUT2D eigenvalue weighted by molar-refractivity contribution is 6.46. The Bertz CT molecular complexity index is 939. The average Bonchev–Trinajstić information content (AvgIpc) is 2.93. The number of Topliss-reactive ketones (excluding diaryl/α,β-unsaturated/α-hetero) is 1. The second-order valence-corrected chi connectivity index (χ2v) is 6.08. The highest BCUT2D eigenvalue weighted by atomic mass is 16.6. The lowest BCUT2D eigenvalue weighted by Crippen LogP contribution is -2.30. The lowest BCUT2D eigenvalue weighted by Gasteiger charge is -2.24. The van der Waals surface area contributed by atoms with Crippen LogP contribution < -0.4 is 0 Å². The highest BCUT2D eigenvalue weighted by Crippen LogP contribution is 2.39.